The maximum Gasteiger partial charge on any atom is 0.251 e. The average Bonchev–Trinajstić information content (AvgIpc) is 3.50. The van der Waals surface area contributed by atoms with Crippen LogP contribution < -0.4 is 15.4 Å². The molecule has 1 saturated heterocycles. The van der Waals surface area contributed by atoms with Gasteiger partial charge in [-0.25, -0.2) is 4.98 Å². The molecular weight excluding hydrogens is 516 g/mol. The number of benzene rings is 2. The monoisotopic (exact) mass is 552 g/mol. The summed E-state index contributed by atoms with van der Waals surface area (Å²) in [6.45, 7) is 6.56. The molecule has 9 heteroatoms. The second-order valence-corrected chi connectivity index (χ2v) is 10.9. The molecule has 0 saturated carbocycles. The number of aromatic nitrogens is 2. The van der Waals surface area contributed by atoms with Gasteiger partial charge in [0.05, 0.1) is 16.8 Å². The number of aliphatic hydroxyl groups excluding tert-OH is 1. The number of carbonyl (C=O) groups excluding carboxylic acids is 2. The molecule has 1 unspecified atom stereocenters. The second kappa shape index (κ2) is 12.7. The number of hydrogen-bond acceptors (Lipinski definition) is 5. The summed E-state index contributed by atoms with van der Waals surface area (Å²) in [6.07, 6.45) is 3.78. The van der Waals surface area contributed by atoms with Crippen LogP contribution in [0.1, 0.15) is 61.3 Å². The SMILES string of the molecule is CC(C)Oc1ccc(C(=O)N[C@H](CCO)Cc2ccc(-c3cn(C)c([C@H](C)C4CCNC4=O)n3)cc2)cc1Cl. The Morgan fingerprint density at radius 3 is 2.59 bits per heavy atom. The number of rotatable bonds is 11. The lowest BCUT2D eigenvalue weighted by Gasteiger charge is -2.19. The van der Waals surface area contributed by atoms with Gasteiger partial charge >= 0.3 is 0 Å². The van der Waals surface area contributed by atoms with Crippen LogP contribution in [0.3, 0.4) is 0 Å². The van der Waals surface area contributed by atoms with Gasteiger partial charge in [0.15, 0.2) is 0 Å². The van der Waals surface area contributed by atoms with E-state index in [1.807, 2.05) is 55.9 Å². The predicted molar refractivity (Wildman–Crippen MR) is 152 cm³/mol. The molecule has 1 fully saturated rings. The van der Waals surface area contributed by atoms with Crippen LogP contribution in [-0.2, 0) is 18.3 Å². The van der Waals surface area contributed by atoms with Crippen molar-refractivity contribution in [1.82, 2.24) is 20.2 Å². The van der Waals surface area contributed by atoms with Crippen LogP contribution in [0.5, 0.6) is 5.75 Å². The van der Waals surface area contributed by atoms with Crippen molar-refractivity contribution in [1.29, 1.82) is 0 Å². The standard InChI is InChI=1S/C30H37ClN4O4/c1-18(2)39-27-10-9-22(16-25(27)31)29(37)33-23(12-14-36)15-20-5-7-21(8-6-20)26-17-35(4)28(34-26)19(3)24-11-13-32-30(24)38/h5-10,16-19,23-24,36H,11-15H2,1-4H3,(H,32,38)(H,33,37)/t19-,23-,24?/m1/s1. The summed E-state index contributed by atoms with van der Waals surface area (Å²) in [5.74, 6) is 1.25. The van der Waals surface area contributed by atoms with Gasteiger partial charge in [-0.05, 0) is 56.9 Å². The molecular formula is C30H37ClN4O4. The number of halogens is 1. The van der Waals surface area contributed by atoms with E-state index in [9.17, 15) is 14.7 Å². The number of hydrogen-bond donors (Lipinski definition) is 3. The Labute approximate surface area is 234 Å². The van der Waals surface area contributed by atoms with Crippen molar-refractivity contribution in [2.75, 3.05) is 13.2 Å². The maximum absolute atomic E-state index is 12.9. The van der Waals surface area contributed by atoms with Crippen molar-refractivity contribution in [2.24, 2.45) is 13.0 Å². The lowest BCUT2D eigenvalue weighted by Crippen LogP contribution is -2.37. The molecule has 2 aromatic carbocycles. The quantitative estimate of drug-likeness (QED) is 0.325. The van der Waals surface area contributed by atoms with Crippen LogP contribution in [0, 0.1) is 5.92 Å². The van der Waals surface area contributed by atoms with Gasteiger partial charge in [0.25, 0.3) is 5.91 Å². The average molecular weight is 553 g/mol. The van der Waals surface area contributed by atoms with Crippen LogP contribution in [0.15, 0.2) is 48.7 Å². The first kappa shape index (κ1) is 28.6. The molecule has 1 aliphatic rings. The summed E-state index contributed by atoms with van der Waals surface area (Å²) in [7, 11) is 1.96. The van der Waals surface area contributed by atoms with E-state index in [4.69, 9.17) is 21.3 Å². The van der Waals surface area contributed by atoms with Crippen LogP contribution in [0.4, 0.5) is 0 Å². The minimum atomic E-state index is -0.255. The molecule has 2 heterocycles. The summed E-state index contributed by atoms with van der Waals surface area (Å²) < 4.78 is 7.65. The fourth-order valence-corrected chi connectivity index (χ4v) is 5.28. The van der Waals surface area contributed by atoms with Gasteiger partial charge in [0.2, 0.25) is 5.91 Å². The fourth-order valence-electron chi connectivity index (χ4n) is 5.05. The molecule has 0 spiro atoms. The highest BCUT2D eigenvalue weighted by Crippen LogP contribution is 2.31. The zero-order valence-corrected chi connectivity index (χ0v) is 23.7. The smallest absolute Gasteiger partial charge is 0.251 e. The summed E-state index contributed by atoms with van der Waals surface area (Å²) in [4.78, 5) is 29.9. The Balaban J connectivity index is 1.42. The minimum Gasteiger partial charge on any atom is -0.489 e. The third-order valence-corrected chi connectivity index (χ3v) is 7.41. The maximum atomic E-state index is 12.9. The molecule has 4 rings (SSSR count). The Morgan fingerprint density at radius 2 is 1.97 bits per heavy atom. The van der Waals surface area contributed by atoms with Crippen LogP contribution in [0.2, 0.25) is 5.02 Å². The van der Waals surface area contributed by atoms with E-state index in [1.54, 1.807) is 18.2 Å². The predicted octanol–water partition coefficient (Wildman–Crippen LogP) is 4.49. The number of aryl methyl sites for hydroxylation is 1. The van der Waals surface area contributed by atoms with E-state index >= 15 is 0 Å². The van der Waals surface area contributed by atoms with Crippen molar-refractivity contribution < 1.29 is 19.4 Å². The van der Waals surface area contributed by atoms with Gasteiger partial charge in [-0.3, -0.25) is 9.59 Å². The summed E-state index contributed by atoms with van der Waals surface area (Å²) >= 11 is 6.31. The molecule has 39 heavy (non-hydrogen) atoms. The first-order valence-corrected chi connectivity index (χ1v) is 13.8. The number of carbonyl (C=O) groups is 2. The third-order valence-electron chi connectivity index (χ3n) is 7.12. The normalized spacial score (nSPS) is 16.7. The van der Waals surface area contributed by atoms with E-state index in [1.165, 1.54) is 0 Å². The Bertz CT molecular complexity index is 1300. The number of aliphatic hydroxyl groups is 1. The number of ether oxygens (including phenoxy) is 1. The van der Waals surface area contributed by atoms with Crippen molar-refractivity contribution in [3.63, 3.8) is 0 Å². The number of nitrogens with one attached hydrogen (secondary N) is 2. The summed E-state index contributed by atoms with van der Waals surface area (Å²) in [6, 6.07) is 12.8. The van der Waals surface area contributed by atoms with Crippen LogP contribution >= 0.6 is 11.6 Å². The molecule has 0 aliphatic carbocycles. The molecule has 2 amide bonds. The Hall–Kier alpha value is -3.36. The van der Waals surface area contributed by atoms with Gasteiger partial charge in [0, 0.05) is 55.4 Å². The first-order valence-electron chi connectivity index (χ1n) is 13.4. The largest absolute Gasteiger partial charge is 0.489 e. The van der Waals surface area contributed by atoms with Crippen molar-refractivity contribution in [2.45, 2.75) is 58.1 Å². The summed E-state index contributed by atoms with van der Waals surface area (Å²) in [5, 5.41) is 15.9. The molecule has 0 bridgehead atoms. The fraction of sp³-hybridized carbons (Fsp3) is 0.433. The van der Waals surface area contributed by atoms with Gasteiger partial charge in [0.1, 0.15) is 11.6 Å². The topological polar surface area (TPSA) is 105 Å². The number of imidazole rings is 1. The number of nitrogens with zero attached hydrogens (tertiary/aromatic N) is 2. The van der Waals surface area contributed by atoms with E-state index in [0.717, 1.165) is 35.6 Å². The van der Waals surface area contributed by atoms with E-state index in [2.05, 4.69) is 17.6 Å². The molecule has 3 N–H and O–H groups in total. The minimum absolute atomic E-state index is 0.0223. The highest BCUT2D eigenvalue weighted by atomic mass is 35.5. The molecule has 0 radical (unpaired) electrons. The highest BCUT2D eigenvalue weighted by molar-refractivity contribution is 6.32. The van der Waals surface area contributed by atoms with E-state index < -0.39 is 0 Å². The lowest BCUT2D eigenvalue weighted by atomic mass is 9.92. The van der Waals surface area contributed by atoms with Crippen molar-refractivity contribution >= 4 is 23.4 Å². The van der Waals surface area contributed by atoms with E-state index in [-0.39, 0.29) is 42.4 Å². The van der Waals surface area contributed by atoms with Crippen molar-refractivity contribution in [3.8, 4) is 17.0 Å². The second-order valence-electron chi connectivity index (χ2n) is 10.5. The Morgan fingerprint density at radius 1 is 1.23 bits per heavy atom. The zero-order valence-electron chi connectivity index (χ0n) is 22.9. The van der Waals surface area contributed by atoms with Gasteiger partial charge < -0.3 is 25.0 Å². The van der Waals surface area contributed by atoms with Crippen molar-refractivity contribution in [3.05, 3.63) is 70.6 Å². The first-order chi connectivity index (χ1) is 18.7. The van der Waals surface area contributed by atoms with Crippen LogP contribution in [0.25, 0.3) is 11.3 Å². The van der Waals surface area contributed by atoms with Gasteiger partial charge in [-0.15, -0.1) is 0 Å². The zero-order chi connectivity index (χ0) is 28.1. The molecule has 3 atom stereocenters. The number of amides is 2. The molecule has 8 nitrogen and oxygen atoms in total. The Kier molecular flexibility index (Phi) is 9.30. The molecule has 1 aromatic heterocycles. The van der Waals surface area contributed by atoms with Crippen LogP contribution in [-0.4, -0.2) is 51.8 Å². The highest BCUT2D eigenvalue weighted by Gasteiger charge is 2.32. The third kappa shape index (κ3) is 6.99. The molecule has 208 valence electrons. The molecule has 3 aromatic rings. The summed E-state index contributed by atoms with van der Waals surface area (Å²) in [5.41, 5.74) is 3.30. The molecule has 1 aliphatic heterocycles. The van der Waals surface area contributed by atoms with E-state index in [0.29, 0.717) is 29.2 Å². The van der Waals surface area contributed by atoms with Gasteiger partial charge in [-0.2, -0.15) is 0 Å². The van der Waals surface area contributed by atoms with Gasteiger partial charge in [-0.1, -0.05) is 42.8 Å². The lowest BCUT2D eigenvalue weighted by molar-refractivity contribution is -0.122.